The third-order valence-electron chi connectivity index (χ3n) is 4.57. The summed E-state index contributed by atoms with van der Waals surface area (Å²) in [7, 11) is 3.42. The van der Waals surface area contributed by atoms with Crippen LogP contribution in [0.4, 0.5) is 0 Å². The predicted octanol–water partition coefficient (Wildman–Crippen LogP) is 3.80. The summed E-state index contributed by atoms with van der Waals surface area (Å²) in [5.41, 5.74) is 8.64. The zero-order valence-corrected chi connectivity index (χ0v) is 14.2. The lowest BCUT2D eigenvalue weighted by Crippen LogP contribution is -2.32. The number of aryl methyl sites for hydroxylation is 1. The van der Waals surface area contributed by atoms with Crippen molar-refractivity contribution in [2.75, 3.05) is 20.8 Å². The van der Waals surface area contributed by atoms with Gasteiger partial charge in [0.25, 0.3) is 0 Å². The monoisotopic (exact) mass is 341 g/mol. The maximum Gasteiger partial charge on any atom is 0.140 e. The highest BCUT2D eigenvalue weighted by atomic mass is 79.9. The molecule has 0 atom stereocenters. The molecule has 0 unspecified atom stereocenters. The fourth-order valence-electron chi connectivity index (χ4n) is 3.38. The number of benzene rings is 1. The zero-order valence-electron chi connectivity index (χ0n) is 12.6. The average Bonchev–Trinajstić information content (AvgIpc) is 2.96. The number of hydrogen-bond acceptors (Lipinski definition) is 3. The molecule has 0 aliphatic heterocycles. The third-order valence-corrected chi connectivity index (χ3v) is 5.29. The van der Waals surface area contributed by atoms with Gasteiger partial charge < -0.3 is 15.2 Å². The number of rotatable bonds is 5. The largest absolute Gasteiger partial charge is 0.495 e. The first-order chi connectivity index (χ1) is 9.63. The molecule has 0 amide bonds. The summed E-state index contributed by atoms with van der Waals surface area (Å²) in [4.78, 5) is 0. The van der Waals surface area contributed by atoms with Gasteiger partial charge in [-0.25, -0.2) is 0 Å². The van der Waals surface area contributed by atoms with Gasteiger partial charge in [0.05, 0.1) is 14.2 Å². The molecule has 1 fully saturated rings. The number of halogens is 1. The van der Waals surface area contributed by atoms with Gasteiger partial charge in [0.2, 0.25) is 0 Å². The van der Waals surface area contributed by atoms with Gasteiger partial charge in [0, 0.05) is 17.5 Å². The van der Waals surface area contributed by atoms with E-state index in [0.29, 0.717) is 6.54 Å². The minimum Gasteiger partial charge on any atom is -0.495 e. The minimum atomic E-state index is 0.0596. The first-order valence-corrected chi connectivity index (χ1v) is 8.06. The van der Waals surface area contributed by atoms with Crippen LogP contribution in [0.2, 0.25) is 0 Å². The van der Waals surface area contributed by atoms with Gasteiger partial charge in [0.1, 0.15) is 16.0 Å². The SMILES string of the molecule is CCc1cc(C2(CN)CCCC2)c(OC)c(Br)c1OC. The molecule has 112 valence electrons. The highest BCUT2D eigenvalue weighted by Gasteiger charge is 2.38. The van der Waals surface area contributed by atoms with E-state index in [1.807, 2.05) is 0 Å². The van der Waals surface area contributed by atoms with Crippen molar-refractivity contribution in [2.45, 2.75) is 44.4 Å². The Kier molecular flexibility index (Phi) is 4.97. The Morgan fingerprint density at radius 3 is 2.25 bits per heavy atom. The highest BCUT2D eigenvalue weighted by Crippen LogP contribution is 2.49. The number of ether oxygens (including phenoxy) is 2. The molecule has 0 heterocycles. The standard InChI is InChI=1S/C16H24BrNO2/c1-4-11-9-12(16(10-18)7-5-6-8-16)15(20-3)13(17)14(11)19-2/h9H,4-8,10,18H2,1-3H3. The molecule has 0 radical (unpaired) electrons. The Bertz CT molecular complexity index is 482. The van der Waals surface area contributed by atoms with Crippen LogP contribution >= 0.6 is 15.9 Å². The summed E-state index contributed by atoms with van der Waals surface area (Å²) in [6.07, 6.45) is 5.69. The van der Waals surface area contributed by atoms with Gasteiger partial charge in [-0.15, -0.1) is 0 Å². The molecule has 20 heavy (non-hydrogen) atoms. The van der Waals surface area contributed by atoms with Crippen LogP contribution in [0.1, 0.15) is 43.7 Å². The second-order valence-electron chi connectivity index (χ2n) is 5.51. The number of nitrogens with two attached hydrogens (primary N) is 1. The summed E-state index contributed by atoms with van der Waals surface area (Å²) in [6.45, 7) is 2.82. The molecular formula is C16H24BrNO2. The Hall–Kier alpha value is -0.740. The summed E-state index contributed by atoms with van der Waals surface area (Å²) in [5, 5.41) is 0. The Labute approximate surface area is 130 Å². The van der Waals surface area contributed by atoms with Crippen LogP contribution in [0, 0.1) is 0 Å². The van der Waals surface area contributed by atoms with Crippen molar-refractivity contribution in [2.24, 2.45) is 5.73 Å². The Morgan fingerprint density at radius 1 is 1.20 bits per heavy atom. The van der Waals surface area contributed by atoms with Crippen molar-refractivity contribution in [1.29, 1.82) is 0 Å². The predicted molar refractivity (Wildman–Crippen MR) is 85.8 cm³/mol. The summed E-state index contributed by atoms with van der Waals surface area (Å²) >= 11 is 3.65. The molecule has 0 aromatic heterocycles. The van der Waals surface area contributed by atoms with E-state index in [1.54, 1.807) is 14.2 Å². The molecule has 3 nitrogen and oxygen atoms in total. The van der Waals surface area contributed by atoms with E-state index in [9.17, 15) is 0 Å². The minimum absolute atomic E-state index is 0.0596. The normalized spacial score (nSPS) is 17.2. The van der Waals surface area contributed by atoms with E-state index in [0.717, 1.165) is 35.2 Å². The van der Waals surface area contributed by atoms with E-state index in [2.05, 4.69) is 28.9 Å². The van der Waals surface area contributed by atoms with Crippen LogP contribution in [0.15, 0.2) is 10.5 Å². The lowest BCUT2D eigenvalue weighted by Gasteiger charge is -2.31. The highest BCUT2D eigenvalue weighted by molar-refractivity contribution is 9.10. The van der Waals surface area contributed by atoms with E-state index in [1.165, 1.54) is 24.0 Å². The van der Waals surface area contributed by atoms with Crippen LogP contribution in [0.3, 0.4) is 0 Å². The van der Waals surface area contributed by atoms with Crippen LogP contribution in [-0.4, -0.2) is 20.8 Å². The summed E-state index contributed by atoms with van der Waals surface area (Å²) in [6, 6.07) is 2.24. The molecule has 0 spiro atoms. The molecule has 1 aliphatic rings. The quantitative estimate of drug-likeness (QED) is 0.885. The molecule has 2 rings (SSSR count). The fraction of sp³-hybridized carbons (Fsp3) is 0.625. The second kappa shape index (κ2) is 6.35. The van der Waals surface area contributed by atoms with Gasteiger partial charge in [-0.05, 0) is 46.8 Å². The van der Waals surface area contributed by atoms with E-state index in [4.69, 9.17) is 15.2 Å². The lowest BCUT2D eigenvalue weighted by atomic mass is 9.77. The molecule has 4 heteroatoms. The topological polar surface area (TPSA) is 44.5 Å². The first-order valence-electron chi connectivity index (χ1n) is 7.27. The van der Waals surface area contributed by atoms with Crippen molar-refractivity contribution < 1.29 is 9.47 Å². The van der Waals surface area contributed by atoms with Crippen molar-refractivity contribution in [3.8, 4) is 11.5 Å². The van der Waals surface area contributed by atoms with E-state index in [-0.39, 0.29) is 5.41 Å². The van der Waals surface area contributed by atoms with Gasteiger partial charge in [-0.2, -0.15) is 0 Å². The number of methoxy groups -OCH3 is 2. The molecule has 1 aliphatic carbocycles. The van der Waals surface area contributed by atoms with Crippen LogP contribution < -0.4 is 15.2 Å². The lowest BCUT2D eigenvalue weighted by molar-refractivity contribution is 0.363. The Morgan fingerprint density at radius 2 is 1.80 bits per heavy atom. The van der Waals surface area contributed by atoms with Crippen molar-refractivity contribution in [1.82, 2.24) is 0 Å². The van der Waals surface area contributed by atoms with Gasteiger partial charge in [-0.3, -0.25) is 0 Å². The molecule has 2 N–H and O–H groups in total. The Balaban J connectivity index is 2.65. The van der Waals surface area contributed by atoms with Gasteiger partial charge in [0.15, 0.2) is 0 Å². The first kappa shape index (κ1) is 15.6. The summed E-state index contributed by atoms with van der Waals surface area (Å²) < 4.78 is 12.1. The maximum atomic E-state index is 6.13. The average molecular weight is 342 g/mol. The van der Waals surface area contributed by atoms with Crippen LogP contribution in [0.25, 0.3) is 0 Å². The van der Waals surface area contributed by atoms with Crippen molar-refractivity contribution in [3.63, 3.8) is 0 Å². The molecule has 1 aromatic carbocycles. The summed E-state index contributed by atoms with van der Waals surface area (Å²) in [5.74, 6) is 1.75. The molecule has 1 aromatic rings. The van der Waals surface area contributed by atoms with Crippen LogP contribution in [0.5, 0.6) is 11.5 Å². The van der Waals surface area contributed by atoms with Crippen molar-refractivity contribution in [3.05, 3.63) is 21.7 Å². The van der Waals surface area contributed by atoms with Crippen molar-refractivity contribution >= 4 is 15.9 Å². The molecule has 0 saturated heterocycles. The van der Waals surface area contributed by atoms with E-state index >= 15 is 0 Å². The fourth-order valence-corrected chi connectivity index (χ4v) is 4.17. The molecule has 0 bridgehead atoms. The second-order valence-corrected chi connectivity index (χ2v) is 6.30. The van der Waals surface area contributed by atoms with E-state index < -0.39 is 0 Å². The third kappa shape index (κ3) is 2.44. The molecular weight excluding hydrogens is 318 g/mol. The zero-order chi connectivity index (χ0) is 14.8. The molecule has 1 saturated carbocycles. The van der Waals surface area contributed by atoms with Gasteiger partial charge >= 0.3 is 0 Å². The number of hydrogen-bond donors (Lipinski definition) is 1. The van der Waals surface area contributed by atoms with Gasteiger partial charge in [-0.1, -0.05) is 19.8 Å². The smallest absolute Gasteiger partial charge is 0.140 e. The maximum absolute atomic E-state index is 6.13. The van der Waals surface area contributed by atoms with Crippen LogP contribution in [-0.2, 0) is 11.8 Å².